The van der Waals surface area contributed by atoms with Crippen molar-refractivity contribution in [2.24, 2.45) is 0 Å². The van der Waals surface area contributed by atoms with Crippen molar-refractivity contribution in [2.45, 2.75) is 27.2 Å². The monoisotopic (exact) mass is 243 g/mol. The molecule has 3 rings (SSSR count). The van der Waals surface area contributed by atoms with E-state index in [2.05, 4.69) is 38.1 Å². The van der Waals surface area contributed by atoms with Gasteiger partial charge in [-0.2, -0.15) is 0 Å². The molecule has 0 N–H and O–H groups in total. The van der Waals surface area contributed by atoms with Crippen LogP contribution in [0.3, 0.4) is 0 Å². The molecule has 1 nitrogen and oxygen atoms in total. The molecule has 17 heavy (non-hydrogen) atoms. The molecule has 2 heteroatoms. The first-order chi connectivity index (χ1) is 8.19. The van der Waals surface area contributed by atoms with E-state index in [4.69, 9.17) is 4.42 Å². The second-order valence-electron chi connectivity index (χ2n) is 4.48. The predicted molar refractivity (Wildman–Crippen MR) is 74.9 cm³/mol. The number of aryl methyl sites for hydroxylation is 3. The lowest BCUT2D eigenvalue weighted by atomic mass is 10.1. The van der Waals surface area contributed by atoms with Gasteiger partial charge in [0.25, 0.3) is 0 Å². The summed E-state index contributed by atoms with van der Waals surface area (Å²) < 4.78 is 8.46. The van der Waals surface area contributed by atoms with Crippen LogP contribution in [-0.2, 0) is 6.42 Å². The van der Waals surface area contributed by atoms with Crippen molar-refractivity contribution < 1.29 is 4.42 Å². The van der Waals surface area contributed by atoms with Crippen LogP contribution in [0.4, 0.5) is 0 Å². The van der Waals surface area contributed by atoms with Gasteiger partial charge in [0.1, 0.15) is 4.70 Å². The maximum Gasteiger partial charge on any atom is 0.346 e. The summed E-state index contributed by atoms with van der Waals surface area (Å²) in [5.41, 5.74) is 1.31. The fraction of sp³-hybridized carbons (Fsp3) is 0.267. The molecule has 1 aromatic carbocycles. The Kier molecular flexibility index (Phi) is 2.40. The highest BCUT2D eigenvalue weighted by Crippen LogP contribution is 2.37. The summed E-state index contributed by atoms with van der Waals surface area (Å²) in [5, 5.41) is 2.70. The van der Waals surface area contributed by atoms with Crippen LogP contribution in [0.1, 0.15) is 24.0 Å². The van der Waals surface area contributed by atoms with Crippen LogP contribution in [0.5, 0.6) is 0 Å². The molecule has 0 aliphatic carbocycles. The maximum absolute atomic E-state index is 5.81. The molecule has 0 amide bonds. The number of hydrogen-bond acceptors (Lipinski definition) is 1. The summed E-state index contributed by atoms with van der Waals surface area (Å²) in [6, 6.07) is 8.82. The van der Waals surface area contributed by atoms with Crippen molar-refractivity contribution in [3.8, 4) is 0 Å². The zero-order chi connectivity index (χ0) is 12.0. The molecule has 0 aliphatic heterocycles. The molecule has 2 heterocycles. The van der Waals surface area contributed by atoms with E-state index in [1.54, 1.807) is 0 Å². The molecule has 2 aromatic heterocycles. The van der Waals surface area contributed by atoms with Gasteiger partial charge in [-0.1, -0.05) is 18.6 Å². The normalized spacial score (nSPS) is 11.5. The Morgan fingerprint density at radius 1 is 1.12 bits per heavy atom. The fourth-order valence-corrected chi connectivity index (χ4v) is 3.50. The third kappa shape index (κ3) is 1.64. The number of thiophene rings is 1. The first-order valence-electron chi connectivity index (χ1n) is 5.94. The Labute approximate surface area is 105 Å². The standard InChI is InChI=1S/C15H15OS/c1-4-13-15-12(8-10(3)16-13)11-7-9(2)5-6-14(11)17-15/h5-8H,4H2,1-3H3/q+1. The van der Waals surface area contributed by atoms with Gasteiger partial charge in [0.2, 0.25) is 0 Å². The maximum atomic E-state index is 5.81. The van der Waals surface area contributed by atoms with Gasteiger partial charge in [0.15, 0.2) is 0 Å². The molecule has 3 aromatic rings. The van der Waals surface area contributed by atoms with Crippen LogP contribution in [0.2, 0.25) is 0 Å². The molecular weight excluding hydrogens is 228 g/mol. The Bertz CT molecular complexity index is 710. The van der Waals surface area contributed by atoms with Crippen LogP contribution in [0, 0.1) is 13.8 Å². The zero-order valence-corrected chi connectivity index (χ0v) is 11.1. The molecular formula is C15H15OS+. The Morgan fingerprint density at radius 3 is 2.71 bits per heavy atom. The van der Waals surface area contributed by atoms with Crippen molar-refractivity contribution in [3.05, 3.63) is 41.3 Å². The summed E-state index contributed by atoms with van der Waals surface area (Å²) in [6.45, 7) is 6.31. The SMILES string of the molecule is CCc1[o+]c(C)cc2c1sc1ccc(C)cc12. The average Bonchev–Trinajstić information content (AvgIpc) is 2.66. The van der Waals surface area contributed by atoms with Gasteiger partial charge in [0, 0.05) is 21.5 Å². The Morgan fingerprint density at radius 2 is 1.94 bits per heavy atom. The lowest BCUT2D eigenvalue weighted by molar-refractivity contribution is 0.479. The van der Waals surface area contributed by atoms with E-state index in [1.165, 1.54) is 25.7 Å². The molecule has 0 atom stereocenters. The second-order valence-corrected chi connectivity index (χ2v) is 5.53. The first-order valence-corrected chi connectivity index (χ1v) is 6.76. The van der Waals surface area contributed by atoms with E-state index in [0.717, 1.165) is 17.9 Å². The van der Waals surface area contributed by atoms with E-state index in [-0.39, 0.29) is 0 Å². The molecule has 0 saturated carbocycles. The quantitative estimate of drug-likeness (QED) is 0.541. The highest BCUT2D eigenvalue weighted by molar-refractivity contribution is 7.26. The van der Waals surface area contributed by atoms with Gasteiger partial charge in [-0.15, -0.1) is 11.3 Å². The molecule has 0 radical (unpaired) electrons. The minimum atomic E-state index is 0.948. The third-order valence-corrected chi connectivity index (χ3v) is 4.32. The van der Waals surface area contributed by atoms with Gasteiger partial charge < -0.3 is 0 Å². The minimum absolute atomic E-state index is 0.948. The molecule has 0 saturated heterocycles. The highest BCUT2D eigenvalue weighted by Gasteiger charge is 2.18. The van der Waals surface area contributed by atoms with Crippen molar-refractivity contribution in [1.29, 1.82) is 0 Å². The lowest BCUT2D eigenvalue weighted by Crippen LogP contribution is -1.82. The Hall–Kier alpha value is -1.41. The van der Waals surface area contributed by atoms with E-state index in [0.29, 0.717) is 0 Å². The van der Waals surface area contributed by atoms with Crippen LogP contribution in [-0.4, -0.2) is 0 Å². The van der Waals surface area contributed by atoms with Crippen molar-refractivity contribution in [1.82, 2.24) is 0 Å². The zero-order valence-electron chi connectivity index (χ0n) is 10.3. The van der Waals surface area contributed by atoms with E-state index in [9.17, 15) is 0 Å². The molecule has 0 bridgehead atoms. The fourth-order valence-electron chi connectivity index (χ4n) is 2.29. The Balaban J connectivity index is 2.52. The third-order valence-electron chi connectivity index (χ3n) is 3.09. The largest absolute Gasteiger partial charge is 0.346 e. The molecule has 0 unspecified atom stereocenters. The summed E-state index contributed by atoms with van der Waals surface area (Å²) in [6.07, 6.45) is 0.948. The number of benzene rings is 1. The summed E-state index contributed by atoms with van der Waals surface area (Å²) in [7, 11) is 0. The van der Waals surface area contributed by atoms with Crippen LogP contribution in [0.25, 0.3) is 20.2 Å². The van der Waals surface area contributed by atoms with Crippen LogP contribution < -0.4 is 0 Å². The molecule has 0 spiro atoms. The van der Waals surface area contributed by atoms with Gasteiger partial charge in [-0.3, -0.25) is 0 Å². The average molecular weight is 243 g/mol. The summed E-state index contributed by atoms with van der Waals surface area (Å²) in [5.74, 6) is 2.11. The first kappa shape index (κ1) is 10.7. The van der Waals surface area contributed by atoms with E-state index in [1.807, 2.05) is 18.3 Å². The van der Waals surface area contributed by atoms with Crippen molar-refractivity contribution in [3.63, 3.8) is 0 Å². The van der Waals surface area contributed by atoms with Crippen LogP contribution >= 0.6 is 11.3 Å². The smallest absolute Gasteiger partial charge is 0.217 e. The van der Waals surface area contributed by atoms with Gasteiger partial charge in [-0.05, 0) is 19.1 Å². The molecule has 0 aliphatic rings. The summed E-state index contributed by atoms with van der Waals surface area (Å²) >= 11 is 1.84. The number of rotatable bonds is 1. The van der Waals surface area contributed by atoms with Gasteiger partial charge in [0.05, 0.1) is 13.3 Å². The second kappa shape index (κ2) is 3.81. The molecule has 86 valence electrons. The van der Waals surface area contributed by atoms with Gasteiger partial charge >= 0.3 is 11.5 Å². The predicted octanol–water partition coefficient (Wildman–Crippen LogP) is 5.11. The number of fused-ring (bicyclic) bond motifs is 3. The topological polar surface area (TPSA) is 11.3 Å². The van der Waals surface area contributed by atoms with Gasteiger partial charge in [-0.25, -0.2) is 4.42 Å². The van der Waals surface area contributed by atoms with Crippen molar-refractivity contribution >= 4 is 31.5 Å². The van der Waals surface area contributed by atoms with E-state index < -0.39 is 0 Å². The number of hydrogen-bond donors (Lipinski definition) is 0. The van der Waals surface area contributed by atoms with Crippen LogP contribution in [0.15, 0.2) is 28.7 Å². The summed E-state index contributed by atoms with van der Waals surface area (Å²) in [4.78, 5) is 0. The van der Waals surface area contributed by atoms with E-state index >= 15 is 0 Å². The van der Waals surface area contributed by atoms with Crippen molar-refractivity contribution in [2.75, 3.05) is 0 Å². The minimum Gasteiger partial charge on any atom is -0.217 e. The highest BCUT2D eigenvalue weighted by atomic mass is 32.1. The molecule has 0 fully saturated rings. The lowest BCUT2D eigenvalue weighted by Gasteiger charge is -1.93.